The molecule has 2 unspecified atom stereocenters. The number of aromatic nitrogens is 6. The van der Waals surface area contributed by atoms with Crippen molar-refractivity contribution in [3.8, 4) is 34.3 Å². The molecular formula is C93H75F20N9O11S. The lowest BCUT2D eigenvalue weighted by Crippen LogP contribution is -2.53. The number of aryl methyl sites for hydroxylation is 1. The quantitative estimate of drug-likeness (QED) is 0.0158. The normalized spacial score (nSPS) is 14.8. The van der Waals surface area contributed by atoms with Crippen LogP contribution in [0, 0.1) is 17.3 Å². The van der Waals surface area contributed by atoms with Crippen LogP contribution in [-0.4, -0.2) is 111 Å². The summed E-state index contributed by atoms with van der Waals surface area (Å²) in [4.78, 5) is 51.2. The average molecular weight is 1910 g/mol. The number of benzene rings is 7. The van der Waals surface area contributed by atoms with E-state index in [4.69, 9.17) is 15.8 Å². The number of aliphatic imine (C=N–C) groups is 1. The summed E-state index contributed by atoms with van der Waals surface area (Å²) in [5.41, 5.74) is 2.60. The molecule has 1 saturated carbocycles. The predicted molar refractivity (Wildman–Crippen MR) is 448 cm³/mol. The molecule has 4 aliphatic heterocycles. The molecule has 134 heavy (non-hydrogen) atoms. The summed E-state index contributed by atoms with van der Waals surface area (Å²) >= 11 is 1.74. The Labute approximate surface area is 751 Å². The zero-order valence-corrected chi connectivity index (χ0v) is 70.3. The molecule has 1 amide bonds. The maximum Gasteiger partial charge on any atom is 0.430 e. The zero-order chi connectivity index (χ0) is 96.7. The Hall–Kier alpha value is -13.7. The second kappa shape index (κ2) is 40.4. The fraction of sp³-hybridized carbons (Fsp3) is 0.269. The van der Waals surface area contributed by atoms with Crippen molar-refractivity contribution < 1.29 is 136 Å². The molecule has 0 spiro atoms. The van der Waals surface area contributed by atoms with E-state index in [1.165, 1.54) is 54.4 Å². The number of thiophene rings is 1. The van der Waals surface area contributed by atoms with Gasteiger partial charge in [-0.1, -0.05) is 128 Å². The number of nitrogen functional groups attached to an aromatic ring is 1. The van der Waals surface area contributed by atoms with Gasteiger partial charge in [0.25, 0.3) is 22.7 Å². The molecule has 20 nitrogen and oxygen atoms in total. The number of hydrogen-bond acceptors (Lipinski definition) is 16. The number of hydrogen-bond donors (Lipinski definition) is 3. The number of aliphatic hydroxyl groups is 2. The fourth-order valence-corrected chi connectivity index (χ4v) is 16.8. The van der Waals surface area contributed by atoms with Crippen molar-refractivity contribution in [3.05, 3.63) is 341 Å². The van der Waals surface area contributed by atoms with Crippen LogP contribution in [0.5, 0.6) is 23.0 Å². The van der Waals surface area contributed by atoms with Crippen LogP contribution in [0.15, 0.2) is 253 Å². The second-order valence-corrected chi connectivity index (χ2v) is 32.1. The lowest BCUT2D eigenvalue weighted by molar-refractivity contribution is -0.605. The van der Waals surface area contributed by atoms with E-state index in [-0.39, 0.29) is 64.8 Å². The Kier molecular flexibility index (Phi) is 29.5. The Balaban J connectivity index is 0.000000153. The summed E-state index contributed by atoms with van der Waals surface area (Å²) in [6.07, 6.45) is -9.72. The molecule has 4 N–H and O–H groups in total. The number of pyridine rings is 4. The average Bonchev–Trinajstić information content (AvgIpc) is 1.17. The van der Waals surface area contributed by atoms with Gasteiger partial charge in [-0.3, -0.25) is 24.4 Å². The highest BCUT2D eigenvalue weighted by atomic mass is 32.1. The van der Waals surface area contributed by atoms with Crippen LogP contribution >= 0.6 is 11.3 Å². The SMILES string of the molecule is Cc1c[n+]([O-])ccc1CC(c1ccc(C(O)(C(F)(F)F)C(F)(F)F)cc1)c1ccc(OC(F)F)c(OC(F)F)c1.Nc1cc2c3c(c1)C(c1ccccc1)=N[C@@H](CC(=O)c1cccnc1)C(=O)N3CC2.O=c1c2cn(Cc3cccs3)c3ccccc3c-2nn1C1CCCC1.[O-][n+]1ccc(CC(c2ccc(C(O)(C(F)(F)F)C(F)(F)F)cc2)c2ccc(OC(F)F)c(OC(F)F)c2)cc1. The van der Waals surface area contributed by atoms with Crippen LogP contribution in [-0.2, 0) is 41.8 Å². The van der Waals surface area contributed by atoms with E-state index >= 15 is 0 Å². The minimum Gasteiger partial charge on any atom is -0.619 e. The molecule has 1 aliphatic carbocycles. The highest BCUT2D eigenvalue weighted by Crippen LogP contribution is 2.53. The number of rotatable bonds is 25. The van der Waals surface area contributed by atoms with E-state index in [1.807, 2.05) is 60.8 Å². The molecule has 8 heterocycles. The molecule has 4 aromatic heterocycles. The minimum atomic E-state index is -6.12. The first-order chi connectivity index (χ1) is 63.4. The molecule has 0 radical (unpaired) electrons. The van der Waals surface area contributed by atoms with Gasteiger partial charge in [0, 0.05) is 111 Å². The molecule has 704 valence electrons. The van der Waals surface area contributed by atoms with E-state index in [0.29, 0.717) is 73.9 Å². The first kappa shape index (κ1) is 97.8. The number of ether oxygens (including phenoxy) is 4. The molecule has 11 aromatic rings. The number of para-hydroxylation sites is 1. The van der Waals surface area contributed by atoms with Crippen LogP contribution in [0.2, 0.25) is 0 Å². The number of carbonyl (C=O) groups is 2. The van der Waals surface area contributed by atoms with Crippen LogP contribution < -0.4 is 44.6 Å². The predicted octanol–water partition coefficient (Wildman–Crippen LogP) is 20.3. The van der Waals surface area contributed by atoms with E-state index < -0.39 is 114 Å². The van der Waals surface area contributed by atoms with Crippen molar-refractivity contribution in [2.45, 2.75) is 151 Å². The molecule has 0 bridgehead atoms. The molecule has 1 fully saturated rings. The number of anilines is 2. The molecule has 0 saturated heterocycles. The maximum atomic E-state index is 13.4. The van der Waals surface area contributed by atoms with E-state index in [9.17, 15) is 123 Å². The molecule has 3 atom stereocenters. The number of nitrogens with zero attached hydrogens (tertiary/aromatic N) is 8. The lowest BCUT2D eigenvalue weighted by atomic mass is 9.83. The molecular weight excluding hydrogens is 1830 g/mol. The number of amides is 1. The minimum absolute atomic E-state index is 0.00381. The Morgan fingerprint density at radius 1 is 0.582 bits per heavy atom. The second-order valence-electron chi connectivity index (χ2n) is 31.0. The number of carbonyl (C=O) groups excluding carboxylic acids is 2. The third-order valence-electron chi connectivity index (χ3n) is 22.5. The number of Topliss-reactive ketones (excluding diaryl/α,β-unsaturated/α-hetero) is 1. The van der Waals surface area contributed by atoms with Gasteiger partial charge >= 0.3 is 51.2 Å². The summed E-state index contributed by atoms with van der Waals surface area (Å²) in [7, 11) is 0. The highest BCUT2D eigenvalue weighted by molar-refractivity contribution is 7.09. The Bertz CT molecular complexity index is 6300. The van der Waals surface area contributed by atoms with Gasteiger partial charge in [-0.05, 0) is 144 Å². The molecule has 5 aliphatic rings. The number of nitrogens with two attached hydrogens (primary N) is 1. The van der Waals surface area contributed by atoms with Gasteiger partial charge < -0.3 is 54.8 Å². The van der Waals surface area contributed by atoms with Crippen LogP contribution in [0.1, 0.15) is 132 Å². The highest BCUT2D eigenvalue weighted by Gasteiger charge is 2.72. The number of halogens is 20. The number of fused-ring (bicyclic) bond motifs is 3. The standard InChI is InChI=1S/C25H19F10NO4.C24H17F10NO4.C24H20N4O2.C20H19N3OS/c1-13-12-36(38)9-8-15(13)10-18(16-4-7-19(39-21(26)27)20(11-16)40-22(28)29)14-2-5-17(6-3-14)23(37,24(30,31)32)25(33,34)35;25-20(26)38-18-6-3-15(12-19(18)39-21(27)28)17(11-13-7-9-35(37)10-8-13)14-1-4-16(5-2-14)22(36,23(29,30)31)24(32,33)34;25-18-11-16-8-10-28-23(16)19(12-18)22(15-5-2-1-3-6-15)27-20(24(28)30)13-21(29)17-7-4-9-26-14-17;24-20-17-13-22(12-15-8-5-11-25-15)18-10-4-3-9-16(18)19(17)21-23(20)14-6-1-2-7-14/h2-9,11-12,18,21-22,37H,10H2,1H3;1-10,12,17,20-21,36H,11H2;1-7,9,11-12,14,20H,8,10,13,25H2;3-5,8-11,13-14H,1-2,6-7,12H2/t;;20-;/m..0./s1. The zero-order valence-electron chi connectivity index (χ0n) is 69.5. The van der Waals surface area contributed by atoms with E-state index in [1.54, 1.807) is 46.2 Å². The van der Waals surface area contributed by atoms with E-state index in [2.05, 4.69) is 58.1 Å². The first-order valence-electron chi connectivity index (χ1n) is 40.6. The van der Waals surface area contributed by atoms with Gasteiger partial charge in [0.15, 0.2) is 53.6 Å². The lowest BCUT2D eigenvalue weighted by Gasteiger charge is -2.33. The first-order valence-corrected chi connectivity index (χ1v) is 41.5. The van der Waals surface area contributed by atoms with Crippen LogP contribution in [0.25, 0.3) is 22.2 Å². The summed E-state index contributed by atoms with van der Waals surface area (Å²) in [5, 5.41) is 50.2. The topological polar surface area (TPSA) is 260 Å². The van der Waals surface area contributed by atoms with Crippen molar-refractivity contribution >= 4 is 51.0 Å². The van der Waals surface area contributed by atoms with Gasteiger partial charge in [0.2, 0.25) is 0 Å². The monoisotopic (exact) mass is 1910 g/mol. The smallest absolute Gasteiger partial charge is 0.430 e. The summed E-state index contributed by atoms with van der Waals surface area (Å²) in [6.45, 7) is -10.8. The Morgan fingerprint density at radius 3 is 1.62 bits per heavy atom. The van der Waals surface area contributed by atoms with Crippen molar-refractivity contribution in [2.24, 2.45) is 4.99 Å². The number of ketones is 1. The fourth-order valence-electron chi connectivity index (χ4n) is 16.1. The van der Waals surface area contributed by atoms with Gasteiger partial charge in [-0.25, -0.2) is 4.68 Å². The third-order valence-corrected chi connectivity index (χ3v) is 23.4. The largest absolute Gasteiger partial charge is 0.619 e. The molecule has 41 heteroatoms. The summed E-state index contributed by atoms with van der Waals surface area (Å²) in [6, 6.07) is 44.0. The molecule has 7 aromatic carbocycles. The van der Waals surface area contributed by atoms with Crippen molar-refractivity contribution in [2.75, 3.05) is 17.2 Å². The van der Waals surface area contributed by atoms with E-state index in [0.717, 1.165) is 144 Å². The van der Waals surface area contributed by atoms with Crippen molar-refractivity contribution in [1.82, 2.24) is 19.3 Å². The Morgan fingerprint density at radius 2 is 1.10 bits per heavy atom. The van der Waals surface area contributed by atoms with Gasteiger partial charge in [0.1, 0.15) is 11.7 Å². The van der Waals surface area contributed by atoms with Crippen LogP contribution in [0.4, 0.5) is 99.2 Å². The van der Waals surface area contributed by atoms with Crippen molar-refractivity contribution in [3.63, 3.8) is 0 Å². The maximum absolute atomic E-state index is 13.4. The third kappa shape index (κ3) is 21.8. The van der Waals surface area contributed by atoms with Gasteiger partial charge in [0.05, 0.1) is 35.1 Å². The molecule has 16 rings (SSSR count). The van der Waals surface area contributed by atoms with Crippen molar-refractivity contribution in [1.29, 1.82) is 0 Å². The van der Waals surface area contributed by atoms with Crippen LogP contribution in [0.3, 0.4) is 0 Å². The van der Waals surface area contributed by atoms with Gasteiger partial charge in [-0.2, -0.15) is 102 Å². The summed E-state index contributed by atoms with van der Waals surface area (Å²) in [5.74, 6) is -5.41. The van der Waals surface area contributed by atoms with Gasteiger partial charge in [-0.15, -0.1) is 11.3 Å². The summed E-state index contributed by atoms with van der Waals surface area (Å²) < 4.78 is 284. The number of alkyl halides is 20.